The van der Waals surface area contributed by atoms with E-state index < -0.39 is 24.2 Å². The van der Waals surface area contributed by atoms with E-state index in [0.29, 0.717) is 6.61 Å². The molecule has 2 unspecified atom stereocenters. The van der Waals surface area contributed by atoms with Crippen LogP contribution < -0.4 is 5.32 Å². The molecule has 0 aromatic carbocycles. The maximum atomic E-state index is 11.0. The van der Waals surface area contributed by atoms with Gasteiger partial charge in [0.25, 0.3) is 5.91 Å². The Hall–Kier alpha value is -2.23. The van der Waals surface area contributed by atoms with E-state index in [2.05, 4.69) is 5.32 Å². The predicted octanol–water partition coefficient (Wildman–Crippen LogP) is 2.85. The van der Waals surface area contributed by atoms with Crippen LogP contribution in [0, 0.1) is 5.41 Å². The number of hydrogen-bond donors (Lipinski definition) is 3. The second kappa shape index (κ2) is 8.57. The highest BCUT2D eigenvalue weighted by atomic mass is 32.1. The lowest BCUT2D eigenvalue weighted by Gasteiger charge is -2.10. The number of ether oxygens (including phenoxy) is 2. The summed E-state index contributed by atoms with van der Waals surface area (Å²) in [6, 6.07) is 3.54. The van der Waals surface area contributed by atoms with Crippen molar-refractivity contribution >= 4 is 40.6 Å². The van der Waals surface area contributed by atoms with Gasteiger partial charge in [0.1, 0.15) is 0 Å². The summed E-state index contributed by atoms with van der Waals surface area (Å²) in [6.07, 6.45) is -2.32. The third-order valence-electron chi connectivity index (χ3n) is 2.94. The first kappa shape index (κ1) is 18.1. The van der Waals surface area contributed by atoms with E-state index in [1.807, 2.05) is 10.8 Å². The van der Waals surface area contributed by atoms with Gasteiger partial charge in [0.05, 0.1) is 6.61 Å². The highest BCUT2D eigenvalue weighted by molar-refractivity contribution is 7.08. The highest BCUT2D eigenvalue weighted by Gasteiger charge is 2.33. The molecule has 0 aliphatic carbocycles. The molecule has 2 aromatic heterocycles. The predicted molar refractivity (Wildman–Crippen MR) is 90.3 cm³/mol. The average Bonchev–Trinajstić information content (AvgIpc) is 3.29. The standard InChI is InChI=1S/C8H11NO2S.C7H5NO3S/c1-2-11-8(9)7(10)6-3-4-12-5-6;9-6-5(11-7(10)8-6)4-1-2-12-3-4/h3-5,7,9-10H,2H2,1H3;1-3,5H,(H,8,9,10). The van der Waals surface area contributed by atoms with Crippen molar-refractivity contribution in [3.63, 3.8) is 0 Å². The van der Waals surface area contributed by atoms with E-state index in [-0.39, 0.29) is 5.90 Å². The molecule has 0 spiro atoms. The van der Waals surface area contributed by atoms with E-state index in [4.69, 9.17) is 14.9 Å². The summed E-state index contributed by atoms with van der Waals surface area (Å²) in [5.74, 6) is -0.477. The zero-order chi connectivity index (χ0) is 17.5. The van der Waals surface area contributed by atoms with Crippen LogP contribution in [0.25, 0.3) is 0 Å². The molecule has 3 N–H and O–H groups in total. The van der Waals surface area contributed by atoms with Gasteiger partial charge in [0, 0.05) is 11.1 Å². The molecular formula is C15H16N2O5S2. The normalized spacial score (nSPS) is 17.3. The van der Waals surface area contributed by atoms with Crippen LogP contribution in [0.15, 0.2) is 33.7 Å². The minimum absolute atomic E-state index is 0.0871. The van der Waals surface area contributed by atoms with Crippen molar-refractivity contribution < 1.29 is 24.2 Å². The Morgan fingerprint density at radius 2 is 2.08 bits per heavy atom. The number of carbonyl (C=O) groups is 2. The van der Waals surface area contributed by atoms with Crippen molar-refractivity contribution in [3.05, 3.63) is 44.8 Å². The van der Waals surface area contributed by atoms with E-state index in [1.165, 1.54) is 22.7 Å². The number of thiophene rings is 2. The van der Waals surface area contributed by atoms with Gasteiger partial charge < -0.3 is 14.6 Å². The number of cyclic esters (lactones) is 1. The Balaban J connectivity index is 0.000000174. The van der Waals surface area contributed by atoms with Crippen LogP contribution in [0.5, 0.6) is 0 Å². The summed E-state index contributed by atoms with van der Waals surface area (Å²) in [6.45, 7) is 2.20. The van der Waals surface area contributed by atoms with Gasteiger partial charge >= 0.3 is 6.09 Å². The lowest BCUT2D eigenvalue weighted by molar-refractivity contribution is -0.123. The minimum atomic E-state index is -0.906. The van der Waals surface area contributed by atoms with E-state index in [9.17, 15) is 14.7 Å². The van der Waals surface area contributed by atoms with Gasteiger partial charge in [-0.05, 0) is 40.6 Å². The molecule has 24 heavy (non-hydrogen) atoms. The number of alkyl carbamates (subject to hydrolysis) is 1. The molecule has 3 rings (SSSR count). The molecule has 1 saturated heterocycles. The molecule has 7 nitrogen and oxygen atoms in total. The Bertz CT molecular complexity index is 685. The van der Waals surface area contributed by atoms with E-state index in [0.717, 1.165) is 11.1 Å². The fraction of sp³-hybridized carbons (Fsp3) is 0.267. The molecule has 1 aliphatic heterocycles. The maximum absolute atomic E-state index is 11.0. The molecule has 2 amide bonds. The van der Waals surface area contributed by atoms with Crippen molar-refractivity contribution in [1.82, 2.24) is 5.32 Å². The first-order valence-corrected chi connectivity index (χ1v) is 8.86. The summed E-state index contributed by atoms with van der Waals surface area (Å²) >= 11 is 2.95. The molecular weight excluding hydrogens is 352 g/mol. The average molecular weight is 368 g/mol. The Morgan fingerprint density at radius 1 is 1.38 bits per heavy atom. The van der Waals surface area contributed by atoms with Crippen molar-refractivity contribution in [2.24, 2.45) is 0 Å². The summed E-state index contributed by atoms with van der Waals surface area (Å²) in [5, 5.41) is 26.1. The SMILES string of the molecule is CCOC(=N)C(O)c1ccsc1.O=C1NC(=O)C(c2ccsc2)O1. The Kier molecular flexibility index (Phi) is 6.47. The third kappa shape index (κ3) is 4.63. The summed E-state index contributed by atoms with van der Waals surface area (Å²) in [7, 11) is 0. The van der Waals surface area contributed by atoms with Crippen LogP contribution >= 0.6 is 22.7 Å². The van der Waals surface area contributed by atoms with Crippen LogP contribution in [0.2, 0.25) is 0 Å². The fourth-order valence-corrected chi connectivity index (χ4v) is 3.17. The van der Waals surface area contributed by atoms with Crippen LogP contribution in [0.1, 0.15) is 30.3 Å². The molecule has 0 radical (unpaired) electrons. The third-order valence-corrected chi connectivity index (χ3v) is 4.34. The van der Waals surface area contributed by atoms with Gasteiger partial charge in [0.2, 0.25) is 12.0 Å². The lowest BCUT2D eigenvalue weighted by Crippen LogP contribution is -2.20. The number of hydrogen-bond acceptors (Lipinski definition) is 8. The van der Waals surface area contributed by atoms with Gasteiger partial charge in [-0.15, -0.1) is 0 Å². The van der Waals surface area contributed by atoms with Crippen molar-refractivity contribution in [2.45, 2.75) is 19.1 Å². The van der Waals surface area contributed by atoms with Crippen molar-refractivity contribution in [2.75, 3.05) is 6.61 Å². The number of rotatable bonds is 4. The molecule has 9 heteroatoms. The zero-order valence-corrected chi connectivity index (χ0v) is 14.4. The number of aliphatic hydroxyl groups excluding tert-OH is 1. The Morgan fingerprint density at radius 3 is 2.58 bits per heavy atom. The molecule has 2 aromatic rings. The molecule has 3 heterocycles. The van der Waals surface area contributed by atoms with Crippen LogP contribution in [-0.2, 0) is 14.3 Å². The topological polar surface area (TPSA) is 109 Å². The second-order valence-electron chi connectivity index (χ2n) is 4.59. The molecule has 2 atom stereocenters. The zero-order valence-electron chi connectivity index (χ0n) is 12.7. The van der Waals surface area contributed by atoms with E-state index >= 15 is 0 Å². The van der Waals surface area contributed by atoms with Crippen molar-refractivity contribution in [3.8, 4) is 0 Å². The molecule has 1 fully saturated rings. The van der Waals surface area contributed by atoms with Crippen LogP contribution in [-0.4, -0.2) is 29.6 Å². The van der Waals surface area contributed by atoms with Gasteiger partial charge in [-0.3, -0.25) is 15.5 Å². The van der Waals surface area contributed by atoms with Gasteiger partial charge in [-0.2, -0.15) is 22.7 Å². The Labute approximate surface area is 146 Å². The van der Waals surface area contributed by atoms with Gasteiger partial charge in [-0.1, -0.05) is 0 Å². The quantitative estimate of drug-likeness (QED) is 0.568. The summed E-state index contributed by atoms with van der Waals surface area (Å²) < 4.78 is 9.59. The number of nitrogens with one attached hydrogen (secondary N) is 2. The highest BCUT2D eigenvalue weighted by Crippen LogP contribution is 2.23. The number of aliphatic hydroxyl groups is 1. The number of carbonyl (C=O) groups excluding carboxylic acids is 2. The van der Waals surface area contributed by atoms with Crippen LogP contribution in [0.3, 0.4) is 0 Å². The van der Waals surface area contributed by atoms with Crippen LogP contribution in [0.4, 0.5) is 4.79 Å². The summed E-state index contributed by atoms with van der Waals surface area (Å²) in [4.78, 5) is 21.6. The van der Waals surface area contributed by atoms with Gasteiger partial charge in [0.15, 0.2) is 6.10 Å². The van der Waals surface area contributed by atoms with E-state index in [1.54, 1.807) is 29.8 Å². The fourth-order valence-electron chi connectivity index (χ4n) is 1.82. The minimum Gasteiger partial charge on any atom is -0.479 e. The smallest absolute Gasteiger partial charge is 0.415 e. The molecule has 0 bridgehead atoms. The number of imide groups is 1. The number of amides is 2. The molecule has 1 aliphatic rings. The van der Waals surface area contributed by atoms with Crippen molar-refractivity contribution in [1.29, 1.82) is 5.41 Å². The molecule has 0 saturated carbocycles. The lowest BCUT2D eigenvalue weighted by atomic mass is 10.2. The molecule has 128 valence electrons. The largest absolute Gasteiger partial charge is 0.479 e. The van der Waals surface area contributed by atoms with Gasteiger partial charge in [-0.25, -0.2) is 4.79 Å². The monoisotopic (exact) mass is 368 g/mol. The second-order valence-corrected chi connectivity index (χ2v) is 6.15. The first-order chi connectivity index (χ1) is 11.5. The first-order valence-electron chi connectivity index (χ1n) is 6.98. The maximum Gasteiger partial charge on any atom is 0.415 e. The summed E-state index contributed by atoms with van der Waals surface area (Å²) in [5.41, 5.74) is 1.45.